The van der Waals surface area contributed by atoms with Crippen LogP contribution in [0.5, 0.6) is 5.75 Å². The van der Waals surface area contributed by atoms with Gasteiger partial charge in [0.1, 0.15) is 5.75 Å². The van der Waals surface area contributed by atoms with Gasteiger partial charge in [0.05, 0.1) is 40.8 Å². The molecule has 2 aromatic carbocycles. The third-order valence-corrected chi connectivity index (χ3v) is 6.42. The number of ether oxygens (including phenoxy) is 1. The third-order valence-electron chi connectivity index (χ3n) is 6.42. The number of halogens is 4. The Morgan fingerprint density at radius 2 is 1.78 bits per heavy atom. The minimum Gasteiger partial charge on any atom is -0.494 e. The third kappa shape index (κ3) is 5.80. The number of aryl methyl sites for hydroxylation is 1. The highest BCUT2D eigenvalue weighted by Crippen LogP contribution is 2.39. The fraction of sp³-hybridized carbons (Fsp3) is 0.250. The van der Waals surface area contributed by atoms with E-state index in [2.05, 4.69) is 27.2 Å². The summed E-state index contributed by atoms with van der Waals surface area (Å²) in [6.07, 6.45) is 3.84. The van der Waals surface area contributed by atoms with Gasteiger partial charge in [0.15, 0.2) is 23.3 Å². The van der Waals surface area contributed by atoms with E-state index in [9.17, 15) is 22.4 Å². The zero-order valence-corrected chi connectivity index (χ0v) is 23.1. The van der Waals surface area contributed by atoms with Gasteiger partial charge >= 0.3 is 0 Å². The molecule has 0 radical (unpaired) electrons. The lowest BCUT2D eigenvalue weighted by atomic mass is 10.1. The van der Waals surface area contributed by atoms with Crippen molar-refractivity contribution in [2.24, 2.45) is 7.05 Å². The van der Waals surface area contributed by atoms with Gasteiger partial charge in [-0.2, -0.15) is 0 Å². The molecule has 0 unspecified atom stereocenters. The molecule has 4 rings (SSSR count). The van der Waals surface area contributed by atoms with E-state index in [0.717, 1.165) is 17.2 Å². The van der Waals surface area contributed by atoms with Crippen LogP contribution in [-0.2, 0) is 11.8 Å². The van der Waals surface area contributed by atoms with Crippen molar-refractivity contribution in [3.63, 3.8) is 0 Å². The number of nitrogens with one attached hydrogen (secondary N) is 2. The molecule has 216 valence electrons. The fourth-order valence-electron chi connectivity index (χ4n) is 4.31. The summed E-state index contributed by atoms with van der Waals surface area (Å²) in [7, 11) is 8.64. The number of benzene rings is 2. The molecule has 0 atom stereocenters. The number of likely N-dealkylation sites (N-methyl/N-ethyl adjacent to an activating group) is 2. The Morgan fingerprint density at radius 1 is 1.07 bits per heavy atom. The van der Waals surface area contributed by atoms with Crippen molar-refractivity contribution in [2.45, 2.75) is 0 Å². The molecular formula is C28H29F4N7O2. The lowest BCUT2D eigenvalue weighted by Crippen LogP contribution is -2.29. The quantitative estimate of drug-likeness (QED) is 0.119. The Kier molecular flexibility index (Phi) is 8.47. The molecule has 0 saturated carbocycles. The van der Waals surface area contributed by atoms with Crippen molar-refractivity contribution < 1.29 is 27.1 Å². The smallest absolute Gasteiger partial charge is 0.247 e. The SMILES string of the molecule is C=CC(=O)Nc1cc(Nc2nccc(-c3cn(C)c4c(F)c(F)c(F)c(F)c34)n2)c(OC)cc1N(C)CCN(C)C. The maximum atomic E-state index is 14.8. The van der Waals surface area contributed by atoms with Crippen molar-refractivity contribution in [2.75, 3.05) is 56.9 Å². The number of nitrogens with zero attached hydrogens (tertiary/aromatic N) is 5. The average molecular weight is 572 g/mol. The van der Waals surface area contributed by atoms with Crippen LogP contribution in [0.4, 0.5) is 40.6 Å². The summed E-state index contributed by atoms with van der Waals surface area (Å²) in [5.41, 5.74) is 1.24. The number of aromatic nitrogens is 3. The van der Waals surface area contributed by atoms with Gasteiger partial charge in [0.25, 0.3) is 0 Å². The van der Waals surface area contributed by atoms with E-state index >= 15 is 0 Å². The molecular weight excluding hydrogens is 542 g/mol. The van der Waals surface area contributed by atoms with E-state index in [-0.39, 0.29) is 17.2 Å². The Balaban J connectivity index is 1.77. The van der Waals surface area contributed by atoms with Gasteiger partial charge in [-0.05, 0) is 32.3 Å². The number of fused-ring (bicyclic) bond motifs is 1. The summed E-state index contributed by atoms with van der Waals surface area (Å²) in [6.45, 7) is 4.91. The molecule has 9 nitrogen and oxygen atoms in total. The molecule has 0 bridgehead atoms. The second kappa shape index (κ2) is 11.8. The highest BCUT2D eigenvalue weighted by molar-refractivity contribution is 6.02. The molecule has 1 amide bonds. The Labute approximate surface area is 234 Å². The molecule has 0 spiro atoms. The van der Waals surface area contributed by atoms with Gasteiger partial charge in [0, 0.05) is 51.2 Å². The monoisotopic (exact) mass is 571 g/mol. The molecule has 41 heavy (non-hydrogen) atoms. The molecule has 4 aromatic rings. The maximum absolute atomic E-state index is 14.8. The molecule has 0 fully saturated rings. The van der Waals surface area contributed by atoms with Gasteiger partial charge in [-0.3, -0.25) is 4.79 Å². The first-order chi connectivity index (χ1) is 19.5. The summed E-state index contributed by atoms with van der Waals surface area (Å²) in [5.74, 6) is -6.82. The fourth-order valence-corrected chi connectivity index (χ4v) is 4.31. The molecule has 0 aliphatic rings. The summed E-state index contributed by atoms with van der Waals surface area (Å²) < 4.78 is 64.1. The van der Waals surface area contributed by atoms with E-state index < -0.39 is 40.1 Å². The zero-order valence-electron chi connectivity index (χ0n) is 23.1. The van der Waals surface area contributed by atoms with Gasteiger partial charge in [-0.25, -0.2) is 27.5 Å². The number of rotatable bonds is 10. The van der Waals surface area contributed by atoms with Gasteiger partial charge in [-0.1, -0.05) is 6.58 Å². The van der Waals surface area contributed by atoms with E-state index in [1.807, 2.05) is 30.9 Å². The lowest BCUT2D eigenvalue weighted by molar-refractivity contribution is -0.111. The number of anilines is 4. The van der Waals surface area contributed by atoms with Gasteiger partial charge in [-0.15, -0.1) is 0 Å². The van der Waals surface area contributed by atoms with Crippen LogP contribution in [0.15, 0.2) is 43.2 Å². The number of carbonyl (C=O) groups is 1. The number of carbonyl (C=O) groups excluding carboxylic acids is 1. The standard InChI is InChI=1S/C28H29F4N7O2/c1-7-21(40)34-17-12-18(20(41-6)13-19(17)38(4)11-10-37(2)3)36-28-33-9-8-16(35-28)15-14-39(5)27-22(15)23(29)24(30)25(31)26(27)32/h7-9,12-14H,1,10-11H2,2-6H3,(H,34,40)(H,33,35,36). The second-order valence-corrected chi connectivity index (χ2v) is 9.51. The minimum atomic E-state index is -1.91. The van der Waals surface area contributed by atoms with Crippen LogP contribution >= 0.6 is 0 Å². The van der Waals surface area contributed by atoms with Crippen LogP contribution in [-0.4, -0.2) is 66.7 Å². The van der Waals surface area contributed by atoms with Crippen molar-refractivity contribution in [3.05, 3.63) is 66.5 Å². The highest BCUT2D eigenvalue weighted by Gasteiger charge is 2.26. The van der Waals surface area contributed by atoms with Crippen molar-refractivity contribution in [3.8, 4) is 17.0 Å². The lowest BCUT2D eigenvalue weighted by Gasteiger charge is -2.26. The molecule has 2 N–H and O–H groups in total. The van der Waals surface area contributed by atoms with E-state index in [1.165, 1.54) is 32.6 Å². The van der Waals surface area contributed by atoms with Crippen molar-refractivity contribution in [1.29, 1.82) is 0 Å². The van der Waals surface area contributed by atoms with Gasteiger partial charge < -0.3 is 29.7 Å². The van der Waals surface area contributed by atoms with E-state index in [1.54, 1.807) is 12.1 Å². The first kappa shape index (κ1) is 29.3. The number of amides is 1. The molecule has 0 aliphatic heterocycles. The normalized spacial score (nSPS) is 11.2. The van der Waals surface area contributed by atoms with Crippen LogP contribution in [0.3, 0.4) is 0 Å². The van der Waals surface area contributed by atoms with Crippen LogP contribution in [0, 0.1) is 23.3 Å². The summed E-state index contributed by atoms with van der Waals surface area (Å²) in [6, 6.07) is 4.80. The molecule has 2 heterocycles. The van der Waals surface area contributed by atoms with E-state index in [4.69, 9.17) is 4.74 Å². The molecule has 2 aromatic heterocycles. The maximum Gasteiger partial charge on any atom is 0.247 e. The predicted octanol–water partition coefficient (Wildman–Crippen LogP) is 5.07. The number of hydrogen-bond donors (Lipinski definition) is 2. The predicted molar refractivity (Wildman–Crippen MR) is 151 cm³/mol. The molecule has 13 heteroatoms. The molecule has 0 aliphatic carbocycles. The van der Waals surface area contributed by atoms with Crippen LogP contribution in [0.1, 0.15) is 0 Å². The van der Waals surface area contributed by atoms with Gasteiger partial charge in [0.2, 0.25) is 11.9 Å². The zero-order chi connectivity index (χ0) is 30.0. The van der Waals surface area contributed by atoms with Crippen LogP contribution in [0.25, 0.3) is 22.2 Å². The first-order valence-corrected chi connectivity index (χ1v) is 12.4. The highest BCUT2D eigenvalue weighted by atomic mass is 19.2. The Morgan fingerprint density at radius 3 is 2.44 bits per heavy atom. The summed E-state index contributed by atoms with van der Waals surface area (Å²) >= 11 is 0. The number of methoxy groups -OCH3 is 1. The number of hydrogen-bond acceptors (Lipinski definition) is 7. The minimum absolute atomic E-state index is 0.0343. The second-order valence-electron chi connectivity index (χ2n) is 9.51. The Hall–Kier alpha value is -4.65. The van der Waals surface area contributed by atoms with E-state index in [0.29, 0.717) is 29.4 Å². The summed E-state index contributed by atoms with van der Waals surface area (Å²) in [4.78, 5) is 24.8. The Bertz CT molecular complexity index is 1640. The largest absolute Gasteiger partial charge is 0.494 e. The average Bonchev–Trinajstić information content (AvgIpc) is 3.31. The summed E-state index contributed by atoms with van der Waals surface area (Å²) in [5, 5.41) is 5.36. The van der Waals surface area contributed by atoms with Crippen LogP contribution in [0.2, 0.25) is 0 Å². The van der Waals surface area contributed by atoms with Crippen molar-refractivity contribution in [1.82, 2.24) is 19.4 Å². The molecule has 0 saturated heterocycles. The van der Waals surface area contributed by atoms with Crippen molar-refractivity contribution >= 4 is 39.8 Å². The topological polar surface area (TPSA) is 87.5 Å². The first-order valence-electron chi connectivity index (χ1n) is 12.4. The van der Waals surface area contributed by atoms with Crippen LogP contribution < -0.4 is 20.3 Å².